The van der Waals surface area contributed by atoms with Gasteiger partial charge in [0.2, 0.25) is 11.8 Å². The molecule has 23 heavy (non-hydrogen) atoms. The van der Waals surface area contributed by atoms with Gasteiger partial charge in [-0.2, -0.15) is 0 Å². The average molecular weight is 335 g/mol. The van der Waals surface area contributed by atoms with Crippen LogP contribution >= 0.6 is 11.3 Å². The van der Waals surface area contributed by atoms with Gasteiger partial charge in [0.15, 0.2) is 0 Å². The van der Waals surface area contributed by atoms with Gasteiger partial charge in [0.25, 0.3) is 0 Å². The largest absolute Gasteiger partial charge is 0.347 e. The number of carbonyl (C=O) groups is 2. The van der Waals surface area contributed by atoms with Gasteiger partial charge in [0.05, 0.1) is 12.5 Å². The molecule has 5 nitrogen and oxygen atoms in total. The fraction of sp³-hybridized carbons (Fsp3) is 0.647. The van der Waals surface area contributed by atoms with Crippen molar-refractivity contribution in [1.29, 1.82) is 0 Å². The van der Waals surface area contributed by atoms with Crippen LogP contribution in [0.25, 0.3) is 0 Å². The summed E-state index contributed by atoms with van der Waals surface area (Å²) in [5.41, 5.74) is 0. The molecule has 2 aliphatic rings. The van der Waals surface area contributed by atoms with Gasteiger partial charge in [-0.1, -0.05) is 0 Å². The zero-order valence-corrected chi connectivity index (χ0v) is 14.9. The Morgan fingerprint density at radius 1 is 1.35 bits per heavy atom. The number of hydrogen-bond acceptors (Lipinski definition) is 4. The second-order valence-electron chi connectivity index (χ2n) is 6.91. The summed E-state index contributed by atoms with van der Waals surface area (Å²) in [6, 6.07) is 4.34. The summed E-state index contributed by atoms with van der Waals surface area (Å²) in [5.74, 6) is 0.691. The lowest BCUT2D eigenvalue weighted by atomic mass is 9.88. The molecule has 3 rings (SSSR count). The molecule has 0 bridgehead atoms. The van der Waals surface area contributed by atoms with Crippen LogP contribution in [0.3, 0.4) is 0 Å². The highest BCUT2D eigenvalue weighted by atomic mass is 32.1. The van der Waals surface area contributed by atoms with Crippen molar-refractivity contribution < 1.29 is 9.59 Å². The first-order valence-electron chi connectivity index (χ1n) is 8.20. The summed E-state index contributed by atoms with van der Waals surface area (Å²) in [6.45, 7) is 5.83. The van der Waals surface area contributed by atoms with Gasteiger partial charge < -0.3 is 9.80 Å². The number of likely N-dealkylation sites (N-methyl/N-ethyl adjacent to an activating group) is 1. The van der Waals surface area contributed by atoms with Crippen LogP contribution in [0, 0.1) is 18.8 Å². The van der Waals surface area contributed by atoms with E-state index in [1.807, 2.05) is 11.3 Å². The molecule has 2 fully saturated rings. The standard InChI is InChI=1S/C17H25N3O2S/c1-12-4-5-14(23-12)9-19-8-13-6-7-20(11-16(21)18(2)3)17(22)15(13)10-19/h4-5,13,15H,6-11H2,1-3H3/t13-,15-/m1/s1. The Balaban J connectivity index is 1.60. The number of piperidine rings is 1. The minimum atomic E-state index is 0.000661. The van der Waals surface area contributed by atoms with Crippen molar-refractivity contribution in [3.8, 4) is 0 Å². The Morgan fingerprint density at radius 2 is 2.13 bits per heavy atom. The van der Waals surface area contributed by atoms with Gasteiger partial charge in [-0.05, 0) is 31.4 Å². The molecule has 2 atom stereocenters. The second-order valence-corrected chi connectivity index (χ2v) is 8.28. The monoisotopic (exact) mass is 335 g/mol. The van der Waals surface area contributed by atoms with Crippen LogP contribution in [0.1, 0.15) is 16.2 Å². The Hall–Kier alpha value is -1.40. The number of hydrogen-bond donors (Lipinski definition) is 0. The number of amides is 2. The van der Waals surface area contributed by atoms with Gasteiger partial charge in [-0.25, -0.2) is 0 Å². The predicted molar refractivity (Wildman–Crippen MR) is 91.2 cm³/mol. The molecule has 2 saturated heterocycles. The SMILES string of the molecule is Cc1ccc(CN2C[C@H]3CCN(CC(=O)N(C)C)C(=O)[C@@H]3C2)s1. The molecule has 0 unspecified atom stereocenters. The van der Waals surface area contributed by atoms with Gasteiger partial charge in [0.1, 0.15) is 0 Å². The Bertz CT molecular complexity index is 598. The Morgan fingerprint density at radius 3 is 2.78 bits per heavy atom. The third-order valence-corrected chi connectivity index (χ3v) is 5.90. The summed E-state index contributed by atoms with van der Waals surface area (Å²) in [5, 5.41) is 0. The first kappa shape index (κ1) is 16.5. The van der Waals surface area contributed by atoms with Crippen LogP contribution < -0.4 is 0 Å². The molecule has 3 heterocycles. The molecule has 1 aromatic rings. The van der Waals surface area contributed by atoms with Crippen LogP contribution in [0.5, 0.6) is 0 Å². The predicted octanol–water partition coefficient (Wildman–Crippen LogP) is 1.43. The molecule has 0 radical (unpaired) electrons. The highest BCUT2D eigenvalue weighted by Gasteiger charge is 2.43. The second kappa shape index (κ2) is 6.61. The smallest absolute Gasteiger partial charge is 0.241 e. The maximum atomic E-state index is 12.7. The molecule has 2 amide bonds. The van der Waals surface area contributed by atoms with Crippen LogP contribution in [0.4, 0.5) is 0 Å². The van der Waals surface area contributed by atoms with E-state index in [2.05, 4.69) is 24.0 Å². The van der Waals surface area contributed by atoms with Crippen molar-refractivity contribution in [2.75, 3.05) is 40.3 Å². The van der Waals surface area contributed by atoms with Crippen molar-refractivity contribution in [3.63, 3.8) is 0 Å². The van der Waals surface area contributed by atoms with Crippen molar-refractivity contribution in [1.82, 2.24) is 14.7 Å². The van der Waals surface area contributed by atoms with Crippen LogP contribution in [0.2, 0.25) is 0 Å². The van der Waals surface area contributed by atoms with Gasteiger partial charge in [-0.15, -0.1) is 11.3 Å². The number of aryl methyl sites for hydroxylation is 1. The van der Waals surface area contributed by atoms with E-state index < -0.39 is 0 Å². The number of carbonyl (C=O) groups excluding carboxylic acids is 2. The lowest BCUT2D eigenvalue weighted by Crippen LogP contribution is -2.49. The Labute approximate surface area is 141 Å². The lowest BCUT2D eigenvalue weighted by Gasteiger charge is -2.34. The molecule has 0 aromatic carbocycles. The van der Waals surface area contributed by atoms with Crippen molar-refractivity contribution in [2.24, 2.45) is 11.8 Å². The molecule has 126 valence electrons. The number of fused-ring (bicyclic) bond motifs is 1. The van der Waals surface area contributed by atoms with E-state index in [0.29, 0.717) is 12.5 Å². The van der Waals surface area contributed by atoms with E-state index >= 15 is 0 Å². The zero-order chi connectivity index (χ0) is 16.6. The minimum Gasteiger partial charge on any atom is -0.347 e. The molecule has 2 aliphatic heterocycles. The molecule has 0 saturated carbocycles. The van der Waals surface area contributed by atoms with Crippen molar-refractivity contribution in [2.45, 2.75) is 19.9 Å². The van der Waals surface area contributed by atoms with Crippen LogP contribution in [-0.4, -0.2) is 66.8 Å². The fourth-order valence-electron chi connectivity index (χ4n) is 3.58. The van der Waals surface area contributed by atoms with E-state index in [-0.39, 0.29) is 24.3 Å². The zero-order valence-electron chi connectivity index (χ0n) is 14.1. The maximum Gasteiger partial charge on any atom is 0.241 e. The third-order valence-electron chi connectivity index (χ3n) is 4.92. The van der Waals surface area contributed by atoms with Gasteiger partial charge >= 0.3 is 0 Å². The normalized spacial score (nSPS) is 24.8. The Kier molecular flexibility index (Phi) is 4.73. The average Bonchev–Trinajstić information content (AvgIpc) is 3.08. The van der Waals surface area contributed by atoms with E-state index in [0.717, 1.165) is 26.1 Å². The van der Waals surface area contributed by atoms with Crippen LogP contribution in [0.15, 0.2) is 12.1 Å². The molecular weight excluding hydrogens is 310 g/mol. The fourth-order valence-corrected chi connectivity index (χ4v) is 4.51. The number of nitrogens with zero attached hydrogens (tertiary/aromatic N) is 3. The summed E-state index contributed by atoms with van der Waals surface area (Å²) < 4.78 is 0. The quantitative estimate of drug-likeness (QED) is 0.836. The molecule has 0 N–H and O–H groups in total. The topological polar surface area (TPSA) is 43.9 Å². The highest BCUT2D eigenvalue weighted by Crippen LogP contribution is 2.33. The molecule has 1 aromatic heterocycles. The van der Waals surface area contributed by atoms with Gasteiger partial charge in [0, 0.05) is 50.0 Å². The van der Waals surface area contributed by atoms with Crippen LogP contribution in [-0.2, 0) is 16.1 Å². The highest BCUT2D eigenvalue weighted by molar-refractivity contribution is 7.11. The third kappa shape index (κ3) is 3.58. The first-order chi connectivity index (χ1) is 10.9. The van der Waals surface area contributed by atoms with Gasteiger partial charge in [-0.3, -0.25) is 14.5 Å². The molecule has 6 heteroatoms. The van der Waals surface area contributed by atoms with E-state index in [1.54, 1.807) is 23.9 Å². The van der Waals surface area contributed by atoms with Crippen molar-refractivity contribution in [3.05, 3.63) is 21.9 Å². The summed E-state index contributed by atoms with van der Waals surface area (Å²) in [6.07, 6.45) is 1.01. The molecule has 0 aliphatic carbocycles. The first-order valence-corrected chi connectivity index (χ1v) is 9.02. The van der Waals surface area contributed by atoms with E-state index in [1.165, 1.54) is 9.75 Å². The minimum absolute atomic E-state index is 0.000661. The number of rotatable bonds is 4. The van der Waals surface area contributed by atoms with Crippen molar-refractivity contribution >= 4 is 23.2 Å². The maximum absolute atomic E-state index is 12.7. The van der Waals surface area contributed by atoms with E-state index in [9.17, 15) is 9.59 Å². The summed E-state index contributed by atoms with van der Waals surface area (Å²) in [7, 11) is 3.47. The molecular formula is C17H25N3O2S. The molecule has 0 spiro atoms. The number of likely N-dealkylation sites (tertiary alicyclic amines) is 2. The summed E-state index contributed by atoms with van der Waals surface area (Å²) in [4.78, 5) is 33.0. The summed E-state index contributed by atoms with van der Waals surface area (Å²) >= 11 is 1.83. The lowest BCUT2D eigenvalue weighted by molar-refractivity contribution is -0.145. The van der Waals surface area contributed by atoms with E-state index in [4.69, 9.17) is 0 Å². The number of thiophene rings is 1.